The highest BCUT2D eigenvalue weighted by atomic mass is 32.2. The molecule has 0 bridgehead atoms. The number of amides is 1. The van der Waals surface area contributed by atoms with E-state index < -0.39 is 10.0 Å². The van der Waals surface area contributed by atoms with Gasteiger partial charge in [0.05, 0.1) is 23.7 Å². The first kappa shape index (κ1) is 22.8. The summed E-state index contributed by atoms with van der Waals surface area (Å²) >= 11 is 6.30. The third-order valence-corrected chi connectivity index (χ3v) is 9.65. The molecule has 5 rings (SSSR count). The van der Waals surface area contributed by atoms with Crippen molar-refractivity contribution < 1.29 is 13.2 Å². The average Bonchev–Trinajstić information content (AvgIpc) is 3.51. The standard InChI is InChI=1S/C22H22N6O3S3/c29-21(17-4-3-11-23-22(17)32)24-14-16-7-8-20(33-16)34(30,31)27-12-9-15(10-13-27)28-19-6-2-1-5-18(19)25-26-28/h1-8,11,15H,9-10,12-14H2,(H,23,32)(H,24,29). The second-order valence-electron chi connectivity index (χ2n) is 7.97. The predicted molar refractivity (Wildman–Crippen MR) is 132 cm³/mol. The summed E-state index contributed by atoms with van der Waals surface area (Å²) in [4.78, 5) is 15.9. The summed E-state index contributed by atoms with van der Waals surface area (Å²) in [6.07, 6.45) is 2.99. The van der Waals surface area contributed by atoms with Gasteiger partial charge in [-0.2, -0.15) is 4.31 Å². The van der Waals surface area contributed by atoms with Crippen molar-refractivity contribution in [1.82, 2.24) is 29.6 Å². The summed E-state index contributed by atoms with van der Waals surface area (Å²) in [7, 11) is -3.60. The molecule has 0 radical (unpaired) electrons. The van der Waals surface area contributed by atoms with E-state index in [9.17, 15) is 13.2 Å². The first-order chi connectivity index (χ1) is 16.4. The Morgan fingerprint density at radius 1 is 1.15 bits per heavy atom. The first-order valence-corrected chi connectivity index (χ1v) is 13.4. The number of rotatable bonds is 6. The van der Waals surface area contributed by atoms with Crippen LogP contribution in [-0.4, -0.2) is 51.7 Å². The molecule has 4 heterocycles. The molecular weight excluding hydrogens is 492 g/mol. The zero-order chi connectivity index (χ0) is 23.7. The lowest BCUT2D eigenvalue weighted by atomic mass is 10.1. The van der Waals surface area contributed by atoms with Gasteiger partial charge in [0.15, 0.2) is 0 Å². The number of benzene rings is 1. The second kappa shape index (κ2) is 9.37. The molecule has 1 aliphatic heterocycles. The highest BCUT2D eigenvalue weighted by molar-refractivity contribution is 7.91. The molecule has 12 heteroatoms. The Kier molecular flexibility index (Phi) is 6.30. The highest BCUT2D eigenvalue weighted by Gasteiger charge is 2.32. The van der Waals surface area contributed by atoms with Gasteiger partial charge in [-0.15, -0.1) is 16.4 Å². The Labute approximate surface area is 205 Å². The Morgan fingerprint density at radius 3 is 2.74 bits per heavy atom. The minimum absolute atomic E-state index is 0.109. The fourth-order valence-corrected chi connectivity index (χ4v) is 7.21. The normalized spacial score (nSPS) is 15.5. The van der Waals surface area contributed by atoms with E-state index in [0.717, 1.165) is 15.9 Å². The SMILES string of the molecule is O=C(NCc1ccc(S(=O)(=O)N2CCC(n3nnc4ccccc43)CC2)s1)c1ccc[nH]c1=S. The second-order valence-corrected chi connectivity index (χ2v) is 11.7. The zero-order valence-corrected chi connectivity index (χ0v) is 20.5. The molecule has 4 aromatic rings. The molecule has 1 fully saturated rings. The molecule has 1 amide bonds. The maximum absolute atomic E-state index is 13.2. The number of H-pyrrole nitrogens is 1. The van der Waals surface area contributed by atoms with E-state index in [-0.39, 0.29) is 22.7 Å². The lowest BCUT2D eigenvalue weighted by Crippen LogP contribution is -2.38. The van der Waals surface area contributed by atoms with Gasteiger partial charge in [0.2, 0.25) is 0 Å². The third kappa shape index (κ3) is 4.41. The van der Waals surface area contributed by atoms with Crippen LogP contribution in [0.3, 0.4) is 0 Å². The highest BCUT2D eigenvalue weighted by Crippen LogP contribution is 2.31. The number of piperidine rings is 1. The molecule has 1 saturated heterocycles. The third-order valence-electron chi connectivity index (χ3n) is 5.86. The number of hydrogen-bond donors (Lipinski definition) is 2. The number of nitrogens with one attached hydrogen (secondary N) is 2. The molecular formula is C22H22N6O3S3. The molecule has 1 aromatic carbocycles. The number of aromatic amines is 1. The smallest absolute Gasteiger partial charge is 0.254 e. The number of thiophene rings is 1. The monoisotopic (exact) mass is 514 g/mol. The Balaban J connectivity index is 1.22. The van der Waals surface area contributed by atoms with E-state index in [1.807, 2.05) is 28.9 Å². The molecule has 2 N–H and O–H groups in total. The molecule has 0 spiro atoms. The molecule has 0 aliphatic carbocycles. The Hall–Kier alpha value is -2.93. The van der Waals surface area contributed by atoms with Gasteiger partial charge in [0.25, 0.3) is 15.9 Å². The molecule has 9 nitrogen and oxygen atoms in total. The summed E-state index contributed by atoms with van der Waals surface area (Å²) < 4.78 is 30.5. The minimum atomic E-state index is -3.60. The van der Waals surface area contributed by atoms with Crippen LogP contribution in [0.15, 0.2) is 58.9 Å². The molecule has 0 atom stereocenters. The van der Waals surface area contributed by atoms with Crippen LogP contribution < -0.4 is 5.32 Å². The number of para-hydroxylation sites is 1. The lowest BCUT2D eigenvalue weighted by Gasteiger charge is -2.30. The van der Waals surface area contributed by atoms with Crippen LogP contribution in [0.25, 0.3) is 11.0 Å². The maximum atomic E-state index is 13.2. The van der Waals surface area contributed by atoms with Gasteiger partial charge in [0, 0.05) is 24.2 Å². The molecule has 1 aliphatic rings. The molecule has 3 aromatic heterocycles. The minimum Gasteiger partial charge on any atom is -0.352 e. The first-order valence-electron chi connectivity index (χ1n) is 10.8. The van der Waals surface area contributed by atoms with E-state index in [2.05, 4.69) is 20.6 Å². The number of sulfonamides is 1. The fourth-order valence-electron chi connectivity index (χ4n) is 4.07. The molecule has 34 heavy (non-hydrogen) atoms. The van der Waals surface area contributed by atoms with Crippen LogP contribution in [0.5, 0.6) is 0 Å². The van der Waals surface area contributed by atoms with E-state index in [0.29, 0.717) is 36.1 Å². The van der Waals surface area contributed by atoms with Crippen LogP contribution in [-0.2, 0) is 16.6 Å². The van der Waals surface area contributed by atoms with Crippen LogP contribution in [0.4, 0.5) is 0 Å². The van der Waals surface area contributed by atoms with Crippen LogP contribution >= 0.6 is 23.6 Å². The van der Waals surface area contributed by atoms with Gasteiger partial charge in [-0.25, -0.2) is 13.1 Å². The number of carbonyl (C=O) groups is 1. The molecule has 0 saturated carbocycles. The van der Waals surface area contributed by atoms with Crippen molar-refractivity contribution in [2.75, 3.05) is 13.1 Å². The quantitative estimate of drug-likeness (QED) is 0.381. The summed E-state index contributed by atoms with van der Waals surface area (Å²) in [6.45, 7) is 1.05. The van der Waals surface area contributed by atoms with Crippen LogP contribution in [0.1, 0.15) is 34.1 Å². The van der Waals surface area contributed by atoms with Gasteiger partial charge >= 0.3 is 0 Å². The van der Waals surface area contributed by atoms with Gasteiger partial charge in [-0.3, -0.25) is 4.79 Å². The van der Waals surface area contributed by atoms with Crippen LogP contribution in [0.2, 0.25) is 0 Å². The van der Waals surface area contributed by atoms with E-state index in [4.69, 9.17) is 12.2 Å². The van der Waals surface area contributed by atoms with Gasteiger partial charge in [-0.05, 0) is 49.2 Å². The zero-order valence-electron chi connectivity index (χ0n) is 18.0. The van der Waals surface area contributed by atoms with Crippen molar-refractivity contribution >= 4 is 50.5 Å². The van der Waals surface area contributed by atoms with Crippen molar-refractivity contribution in [3.63, 3.8) is 0 Å². The molecule has 176 valence electrons. The van der Waals surface area contributed by atoms with Crippen molar-refractivity contribution in [2.45, 2.75) is 29.6 Å². The van der Waals surface area contributed by atoms with Gasteiger partial charge < -0.3 is 10.3 Å². The number of pyridine rings is 1. The van der Waals surface area contributed by atoms with Crippen molar-refractivity contribution in [3.05, 3.63) is 69.8 Å². The van der Waals surface area contributed by atoms with E-state index in [1.54, 1.807) is 30.5 Å². The van der Waals surface area contributed by atoms with Crippen LogP contribution in [0, 0.1) is 4.64 Å². The summed E-state index contributed by atoms with van der Waals surface area (Å²) in [5.74, 6) is -0.303. The summed E-state index contributed by atoms with van der Waals surface area (Å²) in [5.41, 5.74) is 2.18. The summed E-state index contributed by atoms with van der Waals surface area (Å²) in [5, 5.41) is 11.3. The number of fused-ring (bicyclic) bond motifs is 1. The summed E-state index contributed by atoms with van der Waals surface area (Å²) in [6, 6.07) is 14.6. The number of aromatic nitrogens is 4. The number of hydrogen-bond acceptors (Lipinski definition) is 7. The van der Waals surface area contributed by atoms with Gasteiger partial charge in [0.1, 0.15) is 14.4 Å². The van der Waals surface area contributed by atoms with Crippen molar-refractivity contribution in [2.24, 2.45) is 0 Å². The number of carbonyl (C=O) groups excluding carboxylic acids is 1. The Morgan fingerprint density at radius 2 is 1.94 bits per heavy atom. The molecule has 0 unspecified atom stereocenters. The van der Waals surface area contributed by atoms with Crippen molar-refractivity contribution in [1.29, 1.82) is 0 Å². The average molecular weight is 515 g/mol. The maximum Gasteiger partial charge on any atom is 0.254 e. The largest absolute Gasteiger partial charge is 0.352 e. The van der Waals surface area contributed by atoms with Gasteiger partial charge in [-0.1, -0.05) is 29.6 Å². The predicted octanol–water partition coefficient (Wildman–Crippen LogP) is 3.51. The number of nitrogens with zero attached hydrogens (tertiary/aromatic N) is 4. The fraction of sp³-hybridized carbons (Fsp3) is 0.273. The van der Waals surface area contributed by atoms with E-state index >= 15 is 0 Å². The Bertz CT molecular complexity index is 1500. The van der Waals surface area contributed by atoms with E-state index in [1.165, 1.54) is 15.6 Å². The lowest BCUT2D eigenvalue weighted by molar-refractivity contribution is 0.0950. The van der Waals surface area contributed by atoms with Crippen molar-refractivity contribution in [3.8, 4) is 0 Å². The topological polar surface area (TPSA) is 113 Å².